The minimum atomic E-state index is -0.549. The van der Waals surface area contributed by atoms with Gasteiger partial charge in [0.2, 0.25) is 0 Å². The Morgan fingerprint density at radius 3 is 2.61 bits per heavy atom. The van der Waals surface area contributed by atoms with E-state index >= 15 is 0 Å². The number of thioether (sulfide) groups is 1. The molecule has 0 unspecified atom stereocenters. The molecule has 18 heavy (non-hydrogen) atoms. The van der Waals surface area contributed by atoms with Gasteiger partial charge in [0, 0.05) is 11.0 Å². The number of hydrogen-bond acceptors (Lipinski definition) is 2. The molecule has 0 amide bonds. The summed E-state index contributed by atoms with van der Waals surface area (Å²) in [6, 6.07) is 5.90. The van der Waals surface area contributed by atoms with Crippen molar-refractivity contribution in [2.24, 2.45) is 5.41 Å². The third-order valence-corrected chi connectivity index (χ3v) is 3.79. The summed E-state index contributed by atoms with van der Waals surface area (Å²) < 4.78 is 26.0. The quantitative estimate of drug-likeness (QED) is 0.548. The fraction of sp³-hybridized carbons (Fsp3) is 0.500. The molecule has 0 aliphatic heterocycles. The third-order valence-electron chi connectivity index (χ3n) is 2.65. The molecule has 0 N–H and O–H groups in total. The van der Waals surface area contributed by atoms with E-state index in [-0.39, 0.29) is 5.41 Å². The summed E-state index contributed by atoms with van der Waals surface area (Å²) in [4.78, 5) is 0.482. The largest absolute Gasteiger partial charge is 0.207 e. The number of nitrogens with zero attached hydrogens (tertiary/aromatic N) is 1. The van der Waals surface area contributed by atoms with Crippen molar-refractivity contribution in [1.82, 2.24) is 0 Å². The number of unbranched alkanes of at least 4 members (excludes halogenated alkanes) is 1. The average Bonchev–Trinajstić information content (AvgIpc) is 2.31. The van der Waals surface area contributed by atoms with Crippen LogP contribution in [0.2, 0.25) is 0 Å². The van der Waals surface area contributed by atoms with Crippen molar-refractivity contribution in [2.75, 3.05) is 5.75 Å². The predicted molar refractivity (Wildman–Crippen MR) is 70.3 cm³/mol. The van der Waals surface area contributed by atoms with E-state index < -0.39 is 11.6 Å². The summed E-state index contributed by atoms with van der Waals surface area (Å²) in [5, 5.41) is 8.85. The minimum absolute atomic E-state index is 0.286. The van der Waals surface area contributed by atoms with Crippen LogP contribution in [0.1, 0.15) is 33.1 Å². The SMILES string of the molecule is CC(C)(C#N)CCCCSc1ccc(F)cc1F. The van der Waals surface area contributed by atoms with Gasteiger partial charge < -0.3 is 0 Å². The summed E-state index contributed by atoms with van der Waals surface area (Å²) in [6.45, 7) is 3.83. The molecular weight excluding hydrogens is 252 g/mol. The number of halogens is 2. The van der Waals surface area contributed by atoms with E-state index in [9.17, 15) is 8.78 Å². The molecule has 0 saturated carbocycles. The summed E-state index contributed by atoms with van der Waals surface area (Å²) in [5.74, 6) is -0.269. The van der Waals surface area contributed by atoms with Gasteiger partial charge in [-0.3, -0.25) is 0 Å². The Balaban J connectivity index is 2.29. The van der Waals surface area contributed by atoms with Crippen LogP contribution in [0, 0.1) is 28.4 Å². The molecule has 1 aromatic rings. The molecular formula is C14H17F2NS. The van der Waals surface area contributed by atoms with Gasteiger partial charge in [0.05, 0.1) is 11.5 Å². The Morgan fingerprint density at radius 1 is 1.28 bits per heavy atom. The standard InChI is InChI=1S/C14H17F2NS/c1-14(2,10-17)7-3-4-8-18-13-6-5-11(15)9-12(13)16/h5-6,9H,3-4,7-8H2,1-2H3. The molecule has 0 spiro atoms. The first-order valence-corrected chi connectivity index (χ1v) is 6.92. The van der Waals surface area contributed by atoms with Crippen LogP contribution in [0.25, 0.3) is 0 Å². The van der Waals surface area contributed by atoms with Crippen LogP contribution in [-0.2, 0) is 0 Å². The van der Waals surface area contributed by atoms with E-state index in [1.165, 1.54) is 23.9 Å². The summed E-state index contributed by atoms with van der Waals surface area (Å²) in [7, 11) is 0. The minimum Gasteiger partial charge on any atom is -0.207 e. The van der Waals surface area contributed by atoms with Crippen molar-refractivity contribution in [2.45, 2.75) is 38.0 Å². The van der Waals surface area contributed by atoms with Crippen molar-refractivity contribution in [3.05, 3.63) is 29.8 Å². The van der Waals surface area contributed by atoms with Crippen LogP contribution in [0.15, 0.2) is 23.1 Å². The zero-order valence-electron chi connectivity index (χ0n) is 10.7. The monoisotopic (exact) mass is 269 g/mol. The zero-order chi connectivity index (χ0) is 13.6. The summed E-state index contributed by atoms with van der Waals surface area (Å²) in [5.41, 5.74) is -0.286. The number of nitriles is 1. The first-order chi connectivity index (χ1) is 8.44. The zero-order valence-corrected chi connectivity index (χ0v) is 11.5. The van der Waals surface area contributed by atoms with Crippen LogP contribution >= 0.6 is 11.8 Å². The van der Waals surface area contributed by atoms with Crippen LogP contribution < -0.4 is 0 Å². The lowest BCUT2D eigenvalue weighted by atomic mass is 9.89. The molecule has 0 aliphatic rings. The molecule has 1 aromatic carbocycles. The van der Waals surface area contributed by atoms with Gasteiger partial charge >= 0.3 is 0 Å². The molecule has 1 nitrogen and oxygen atoms in total. The average molecular weight is 269 g/mol. The van der Waals surface area contributed by atoms with Gasteiger partial charge in [-0.05, 0) is 44.6 Å². The van der Waals surface area contributed by atoms with E-state index in [0.29, 0.717) is 4.90 Å². The number of benzene rings is 1. The molecule has 0 radical (unpaired) electrons. The van der Waals surface area contributed by atoms with Crippen molar-refractivity contribution >= 4 is 11.8 Å². The first kappa shape index (κ1) is 15.0. The number of rotatable bonds is 6. The second-order valence-electron chi connectivity index (χ2n) is 4.88. The second kappa shape index (κ2) is 6.75. The van der Waals surface area contributed by atoms with Gasteiger partial charge in [-0.1, -0.05) is 6.42 Å². The van der Waals surface area contributed by atoms with Crippen LogP contribution in [-0.4, -0.2) is 5.75 Å². The van der Waals surface area contributed by atoms with Crippen molar-refractivity contribution < 1.29 is 8.78 Å². The Bertz CT molecular complexity index is 438. The third kappa shape index (κ3) is 5.05. The van der Waals surface area contributed by atoms with E-state index in [1.54, 1.807) is 0 Å². The molecule has 0 heterocycles. The fourth-order valence-electron chi connectivity index (χ4n) is 1.50. The van der Waals surface area contributed by atoms with Crippen molar-refractivity contribution in [3.63, 3.8) is 0 Å². The van der Waals surface area contributed by atoms with Gasteiger partial charge in [-0.15, -0.1) is 11.8 Å². The molecule has 0 bridgehead atoms. The lowest BCUT2D eigenvalue weighted by molar-refractivity contribution is 0.433. The molecule has 98 valence electrons. The molecule has 0 aliphatic carbocycles. The van der Waals surface area contributed by atoms with E-state index in [2.05, 4.69) is 6.07 Å². The highest BCUT2D eigenvalue weighted by Gasteiger charge is 2.15. The molecule has 0 aromatic heterocycles. The van der Waals surface area contributed by atoms with Gasteiger partial charge in [0.15, 0.2) is 0 Å². The Labute approximate surface area is 111 Å². The van der Waals surface area contributed by atoms with Gasteiger partial charge in [-0.25, -0.2) is 8.78 Å². The maximum Gasteiger partial charge on any atom is 0.139 e. The highest BCUT2D eigenvalue weighted by molar-refractivity contribution is 7.99. The molecule has 1 rings (SSSR count). The maximum absolute atomic E-state index is 13.3. The van der Waals surface area contributed by atoms with Crippen LogP contribution in [0.3, 0.4) is 0 Å². The topological polar surface area (TPSA) is 23.8 Å². The first-order valence-electron chi connectivity index (χ1n) is 5.94. The van der Waals surface area contributed by atoms with Crippen molar-refractivity contribution in [3.8, 4) is 6.07 Å². The van der Waals surface area contributed by atoms with E-state index in [0.717, 1.165) is 31.1 Å². The Morgan fingerprint density at radius 2 is 2.00 bits per heavy atom. The maximum atomic E-state index is 13.3. The highest BCUT2D eigenvalue weighted by Crippen LogP contribution is 2.26. The van der Waals surface area contributed by atoms with Crippen molar-refractivity contribution in [1.29, 1.82) is 5.26 Å². The molecule has 0 saturated heterocycles. The number of hydrogen-bond donors (Lipinski definition) is 0. The molecule has 0 fully saturated rings. The predicted octanol–water partition coefficient (Wildman–Crippen LogP) is 4.78. The van der Waals surface area contributed by atoms with Crippen LogP contribution in [0.4, 0.5) is 8.78 Å². The fourth-order valence-corrected chi connectivity index (χ4v) is 2.43. The van der Waals surface area contributed by atoms with E-state index in [4.69, 9.17) is 5.26 Å². The molecule has 0 atom stereocenters. The van der Waals surface area contributed by atoms with Gasteiger partial charge in [0.25, 0.3) is 0 Å². The lowest BCUT2D eigenvalue weighted by Gasteiger charge is -2.14. The summed E-state index contributed by atoms with van der Waals surface area (Å²) in [6.07, 6.45) is 2.71. The van der Waals surface area contributed by atoms with Gasteiger partial charge in [-0.2, -0.15) is 5.26 Å². The smallest absolute Gasteiger partial charge is 0.139 e. The Hall–Kier alpha value is -1.08. The second-order valence-corrected chi connectivity index (χ2v) is 6.01. The van der Waals surface area contributed by atoms with Crippen LogP contribution in [0.5, 0.6) is 0 Å². The highest BCUT2D eigenvalue weighted by atomic mass is 32.2. The Kier molecular flexibility index (Phi) is 5.61. The lowest BCUT2D eigenvalue weighted by Crippen LogP contribution is -2.07. The normalized spacial score (nSPS) is 11.3. The summed E-state index contributed by atoms with van der Waals surface area (Å²) >= 11 is 1.39. The molecule has 4 heteroatoms. The van der Waals surface area contributed by atoms with E-state index in [1.807, 2.05) is 13.8 Å². The van der Waals surface area contributed by atoms with Gasteiger partial charge in [0.1, 0.15) is 11.6 Å².